The van der Waals surface area contributed by atoms with Crippen LogP contribution in [0, 0.1) is 10.1 Å². The number of benzene rings is 2. The number of carbonyl (C=O) groups excluding carboxylic acids is 1. The number of ether oxygens (including phenoxy) is 2. The number of aromatic nitrogens is 1. The number of nitrogens with zero attached hydrogens (tertiary/aromatic N) is 4. The van der Waals surface area contributed by atoms with Crippen molar-refractivity contribution in [2.45, 2.75) is 0 Å². The van der Waals surface area contributed by atoms with Gasteiger partial charge >= 0.3 is 0 Å². The van der Waals surface area contributed by atoms with Crippen molar-refractivity contribution in [3.05, 3.63) is 58.2 Å². The van der Waals surface area contributed by atoms with Crippen molar-refractivity contribution in [1.29, 1.82) is 0 Å². The first-order valence-electron chi connectivity index (χ1n) is 11.2. The highest BCUT2D eigenvalue weighted by molar-refractivity contribution is 7.22. The Morgan fingerprint density at radius 2 is 1.91 bits per heavy atom. The van der Waals surface area contributed by atoms with Gasteiger partial charge in [0.25, 0.3) is 5.69 Å². The van der Waals surface area contributed by atoms with E-state index in [1.807, 2.05) is 12.1 Å². The van der Waals surface area contributed by atoms with Gasteiger partial charge < -0.3 is 19.7 Å². The van der Waals surface area contributed by atoms with Crippen LogP contribution in [0.25, 0.3) is 16.3 Å². The Bertz CT molecular complexity index is 1200. The van der Waals surface area contributed by atoms with Crippen LogP contribution < -0.4 is 19.7 Å². The molecule has 1 aliphatic rings. The highest BCUT2D eigenvalue weighted by atomic mass is 32.1. The van der Waals surface area contributed by atoms with Crippen LogP contribution in [0.5, 0.6) is 11.5 Å². The summed E-state index contributed by atoms with van der Waals surface area (Å²) in [5, 5.41) is 14.7. The van der Waals surface area contributed by atoms with Crippen LogP contribution in [-0.4, -0.2) is 74.2 Å². The highest BCUT2D eigenvalue weighted by Crippen LogP contribution is 2.40. The van der Waals surface area contributed by atoms with Gasteiger partial charge in [-0.25, -0.2) is 4.98 Å². The quantitative estimate of drug-likeness (QED) is 0.273. The molecule has 4 rings (SSSR count). The average molecular weight is 498 g/mol. The molecule has 11 heteroatoms. The first-order chi connectivity index (χ1) is 17.0. The third kappa shape index (κ3) is 5.87. The lowest BCUT2D eigenvalue weighted by Crippen LogP contribution is -2.48. The zero-order chi connectivity index (χ0) is 24.8. The number of nitrogens with one attached hydrogen (secondary N) is 1. The maximum absolute atomic E-state index is 12.1. The fraction of sp³-hybridized carbons (Fsp3) is 0.333. The van der Waals surface area contributed by atoms with Crippen LogP contribution in [0.15, 0.2) is 42.5 Å². The lowest BCUT2D eigenvalue weighted by atomic mass is 10.2. The van der Waals surface area contributed by atoms with Crippen LogP contribution in [0.4, 0.5) is 10.8 Å². The lowest BCUT2D eigenvalue weighted by Gasteiger charge is -2.34. The van der Waals surface area contributed by atoms with Crippen molar-refractivity contribution >= 4 is 44.4 Å². The van der Waals surface area contributed by atoms with Gasteiger partial charge in [-0.1, -0.05) is 23.5 Å². The van der Waals surface area contributed by atoms with E-state index in [1.165, 1.54) is 18.2 Å². The molecule has 0 radical (unpaired) electrons. The van der Waals surface area contributed by atoms with Crippen molar-refractivity contribution in [1.82, 2.24) is 15.2 Å². The van der Waals surface area contributed by atoms with Gasteiger partial charge in [-0.15, -0.1) is 0 Å². The monoisotopic (exact) mass is 497 g/mol. The van der Waals surface area contributed by atoms with Crippen molar-refractivity contribution in [2.75, 3.05) is 58.4 Å². The Hall–Kier alpha value is -3.70. The molecule has 0 saturated carbocycles. The predicted octanol–water partition coefficient (Wildman–Crippen LogP) is 3.17. The minimum atomic E-state index is -0.457. The molecule has 1 amide bonds. The standard InChI is InChI=1S/C24H27N5O5S/c1-33-19-7-8-20(34-2)23-22(19)26-24(35-23)28-14-12-27(13-15-28)11-10-25-21(30)9-6-17-4-3-5-18(16-17)29(31)32/h3-9,16H,10-15H2,1-2H3,(H,25,30)/b9-6+. The summed E-state index contributed by atoms with van der Waals surface area (Å²) in [4.78, 5) is 31.9. The van der Waals surface area contributed by atoms with Crippen molar-refractivity contribution in [3.8, 4) is 11.5 Å². The summed E-state index contributed by atoms with van der Waals surface area (Å²) < 4.78 is 11.9. The summed E-state index contributed by atoms with van der Waals surface area (Å²) in [6.45, 7) is 4.67. The highest BCUT2D eigenvalue weighted by Gasteiger charge is 2.22. The van der Waals surface area contributed by atoms with Gasteiger partial charge in [0.1, 0.15) is 21.7 Å². The number of hydrogen-bond donors (Lipinski definition) is 1. The third-order valence-electron chi connectivity index (χ3n) is 5.78. The summed E-state index contributed by atoms with van der Waals surface area (Å²) >= 11 is 1.60. The van der Waals surface area contributed by atoms with Crippen molar-refractivity contribution in [3.63, 3.8) is 0 Å². The zero-order valence-corrected chi connectivity index (χ0v) is 20.4. The van der Waals surface area contributed by atoms with E-state index in [0.717, 1.165) is 59.6 Å². The molecule has 1 fully saturated rings. The molecule has 10 nitrogen and oxygen atoms in total. The Kier molecular flexibility index (Phi) is 7.78. The molecule has 184 valence electrons. The number of methoxy groups -OCH3 is 2. The second-order valence-corrected chi connectivity index (χ2v) is 8.93. The van der Waals surface area contributed by atoms with Gasteiger partial charge in [0.05, 0.1) is 19.1 Å². The smallest absolute Gasteiger partial charge is 0.270 e. The molecule has 0 bridgehead atoms. The van der Waals surface area contributed by atoms with Gasteiger partial charge in [0.15, 0.2) is 5.13 Å². The number of rotatable bonds is 9. The molecular weight excluding hydrogens is 470 g/mol. The van der Waals surface area contributed by atoms with Crippen LogP contribution >= 0.6 is 11.3 Å². The number of thiazole rings is 1. The number of nitro groups is 1. The average Bonchev–Trinajstić information content (AvgIpc) is 3.33. The van der Waals surface area contributed by atoms with E-state index < -0.39 is 4.92 Å². The molecule has 0 aliphatic carbocycles. The van der Waals surface area contributed by atoms with Crippen LogP contribution in [0.2, 0.25) is 0 Å². The molecule has 35 heavy (non-hydrogen) atoms. The number of nitro benzene ring substituents is 1. The van der Waals surface area contributed by atoms with Crippen molar-refractivity contribution < 1.29 is 19.2 Å². The molecule has 2 aromatic carbocycles. The molecule has 3 aromatic rings. The topological polar surface area (TPSA) is 110 Å². The molecule has 1 saturated heterocycles. The van der Waals surface area contributed by atoms with E-state index in [-0.39, 0.29) is 11.6 Å². The zero-order valence-electron chi connectivity index (χ0n) is 19.6. The largest absolute Gasteiger partial charge is 0.495 e. The van der Waals surface area contributed by atoms with Gasteiger partial charge in [0.2, 0.25) is 5.91 Å². The van der Waals surface area contributed by atoms with E-state index in [0.29, 0.717) is 12.1 Å². The lowest BCUT2D eigenvalue weighted by molar-refractivity contribution is -0.384. The van der Waals surface area contributed by atoms with E-state index in [4.69, 9.17) is 14.5 Å². The molecule has 0 atom stereocenters. The number of anilines is 1. The van der Waals surface area contributed by atoms with E-state index >= 15 is 0 Å². The number of carbonyl (C=O) groups is 1. The Balaban J connectivity index is 1.25. The maximum atomic E-state index is 12.1. The second-order valence-electron chi connectivity index (χ2n) is 7.95. The van der Waals surface area contributed by atoms with E-state index in [2.05, 4.69) is 15.1 Å². The van der Waals surface area contributed by atoms with Gasteiger partial charge in [-0.3, -0.25) is 19.8 Å². The minimum Gasteiger partial charge on any atom is -0.495 e. The number of hydrogen-bond acceptors (Lipinski definition) is 9. The fourth-order valence-corrected chi connectivity index (χ4v) is 5.01. The molecule has 1 aliphatic heterocycles. The molecule has 0 unspecified atom stereocenters. The maximum Gasteiger partial charge on any atom is 0.270 e. The number of piperazine rings is 1. The summed E-state index contributed by atoms with van der Waals surface area (Å²) in [7, 11) is 3.29. The first kappa shape index (κ1) is 24.4. The molecule has 1 aromatic heterocycles. The van der Waals surface area contributed by atoms with Gasteiger partial charge in [0, 0.05) is 57.5 Å². The SMILES string of the molecule is COc1ccc(OC)c2sc(N3CCN(CCNC(=O)/C=C/c4cccc([N+](=O)[O-])c4)CC3)nc12. The van der Waals surface area contributed by atoms with Crippen molar-refractivity contribution in [2.24, 2.45) is 0 Å². The fourth-order valence-electron chi connectivity index (χ4n) is 3.88. The molecule has 2 heterocycles. The predicted molar refractivity (Wildman–Crippen MR) is 137 cm³/mol. The summed E-state index contributed by atoms with van der Waals surface area (Å²) in [5.41, 5.74) is 1.42. The third-order valence-corrected chi connectivity index (χ3v) is 6.91. The summed E-state index contributed by atoms with van der Waals surface area (Å²) in [5.74, 6) is 1.29. The summed E-state index contributed by atoms with van der Waals surface area (Å²) in [6, 6.07) is 9.93. The Morgan fingerprint density at radius 3 is 2.63 bits per heavy atom. The summed E-state index contributed by atoms with van der Waals surface area (Å²) in [6.07, 6.45) is 2.97. The van der Waals surface area contributed by atoms with Gasteiger partial charge in [-0.05, 0) is 23.8 Å². The Labute approximate surface area is 206 Å². The molecular formula is C24H27N5O5S. The van der Waals surface area contributed by atoms with Crippen LogP contribution in [0.1, 0.15) is 5.56 Å². The van der Waals surface area contributed by atoms with Crippen LogP contribution in [0.3, 0.4) is 0 Å². The second kappa shape index (κ2) is 11.2. The number of amides is 1. The number of fused-ring (bicyclic) bond motifs is 1. The van der Waals surface area contributed by atoms with E-state index in [1.54, 1.807) is 43.8 Å². The number of non-ortho nitro benzene ring substituents is 1. The minimum absolute atomic E-state index is 0.00387. The molecule has 0 spiro atoms. The Morgan fingerprint density at radius 1 is 1.17 bits per heavy atom. The normalized spacial score (nSPS) is 14.4. The van der Waals surface area contributed by atoms with Gasteiger partial charge in [-0.2, -0.15) is 0 Å². The van der Waals surface area contributed by atoms with Crippen LogP contribution in [-0.2, 0) is 4.79 Å². The first-order valence-corrected chi connectivity index (χ1v) is 12.0. The van der Waals surface area contributed by atoms with E-state index in [9.17, 15) is 14.9 Å². The molecule has 1 N–H and O–H groups in total.